The zero-order chi connectivity index (χ0) is 19.0. The summed E-state index contributed by atoms with van der Waals surface area (Å²) in [6.45, 7) is 2.16. The van der Waals surface area contributed by atoms with Crippen molar-refractivity contribution < 1.29 is 4.79 Å². The number of pyridine rings is 1. The average Bonchev–Trinajstić information content (AvgIpc) is 2.71. The first-order chi connectivity index (χ1) is 13.0. The van der Waals surface area contributed by atoms with Crippen LogP contribution in [-0.2, 0) is 7.05 Å². The third-order valence-corrected chi connectivity index (χ3v) is 5.07. The summed E-state index contributed by atoms with van der Waals surface area (Å²) in [5.74, 6) is 0.381. The number of hydrogen-bond donors (Lipinski definition) is 0. The number of hydrogen-bond acceptors (Lipinski definition) is 5. The average molecular weight is 384 g/mol. The zero-order valence-electron chi connectivity index (χ0n) is 14.8. The second kappa shape index (κ2) is 7.00. The van der Waals surface area contributed by atoms with Gasteiger partial charge in [-0.15, -0.1) is 0 Å². The number of anilines is 1. The minimum Gasteiger partial charge on any atom is -0.348 e. The molecule has 0 N–H and O–H groups in total. The van der Waals surface area contributed by atoms with Crippen LogP contribution in [0.25, 0.3) is 11.0 Å². The SMILES string of the molecule is Cn1c(=O)c(N2CCN(C(=O)c3ccc(Cl)cc3)CC2)nc2ccncc21. The van der Waals surface area contributed by atoms with Crippen molar-refractivity contribution in [2.24, 2.45) is 7.05 Å². The molecule has 0 aliphatic carbocycles. The molecule has 0 radical (unpaired) electrons. The Bertz CT molecular complexity index is 1060. The fourth-order valence-corrected chi connectivity index (χ4v) is 3.38. The Hall–Kier alpha value is -2.93. The largest absolute Gasteiger partial charge is 0.348 e. The van der Waals surface area contributed by atoms with Gasteiger partial charge in [-0.1, -0.05) is 11.6 Å². The van der Waals surface area contributed by atoms with E-state index in [1.165, 1.54) is 0 Å². The minimum atomic E-state index is -0.159. The molecule has 0 bridgehead atoms. The van der Waals surface area contributed by atoms with Crippen LogP contribution >= 0.6 is 11.6 Å². The van der Waals surface area contributed by atoms with Crippen LogP contribution < -0.4 is 10.5 Å². The molecule has 0 unspecified atom stereocenters. The van der Waals surface area contributed by atoms with Crippen LogP contribution in [0.5, 0.6) is 0 Å². The first-order valence-corrected chi connectivity index (χ1v) is 9.03. The molecule has 3 heterocycles. The lowest BCUT2D eigenvalue weighted by Gasteiger charge is -2.35. The number of nitrogens with zero attached hydrogens (tertiary/aromatic N) is 5. The van der Waals surface area contributed by atoms with Crippen molar-refractivity contribution in [1.82, 2.24) is 19.4 Å². The summed E-state index contributed by atoms with van der Waals surface area (Å²) in [7, 11) is 1.72. The Labute approximate surface area is 160 Å². The van der Waals surface area contributed by atoms with Crippen molar-refractivity contribution in [2.75, 3.05) is 31.1 Å². The van der Waals surface area contributed by atoms with E-state index in [1.807, 2.05) is 4.90 Å². The van der Waals surface area contributed by atoms with Gasteiger partial charge in [0, 0.05) is 50.0 Å². The van der Waals surface area contributed by atoms with Crippen LogP contribution in [0.1, 0.15) is 10.4 Å². The van der Waals surface area contributed by atoms with Crippen LogP contribution in [-0.4, -0.2) is 51.5 Å². The zero-order valence-corrected chi connectivity index (χ0v) is 15.6. The van der Waals surface area contributed by atoms with Crippen molar-refractivity contribution in [1.29, 1.82) is 0 Å². The van der Waals surface area contributed by atoms with E-state index in [0.29, 0.717) is 48.1 Å². The summed E-state index contributed by atoms with van der Waals surface area (Å²) >= 11 is 5.88. The summed E-state index contributed by atoms with van der Waals surface area (Å²) in [6, 6.07) is 8.67. The summed E-state index contributed by atoms with van der Waals surface area (Å²) in [6.07, 6.45) is 3.29. The molecule has 0 atom stereocenters. The first-order valence-electron chi connectivity index (χ1n) is 8.65. The van der Waals surface area contributed by atoms with Gasteiger partial charge in [-0.2, -0.15) is 0 Å². The molecule has 2 aromatic heterocycles. The van der Waals surface area contributed by atoms with Crippen molar-refractivity contribution in [3.63, 3.8) is 0 Å². The fourth-order valence-electron chi connectivity index (χ4n) is 3.26. The van der Waals surface area contributed by atoms with Gasteiger partial charge in [-0.3, -0.25) is 14.6 Å². The molecule has 8 heteroatoms. The van der Waals surface area contributed by atoms with E-state index in [4.69, 9.17) is 11.6 Å². The molecule has 1 amide bonds. The number of carbonyl (C=O) groups is 1. The third kappa shape index (κ3) is 3.26. The fraction of sp³-hybridized carbons (Fsp3) is 0.263. The van der Waals surface area contributed by atoms with Gasteiger partial charge < -0.3 is 14.4 Å². The topological polar surface area (TPSA) is 71.3 Å². The Balaban J connectivity index is 1.53. The van der Waals surface area contributed by atoms with Gasteiger partial charge in [0.2, 0.25) is 0 Å². The molecule has 138 valence electrons. The second-order valence-electron chi connectivity index (χ2n) is 6.45. The van der Waals surface area contributed by atoms with E-state index in [2.05, 4.69) is 9.97 Å². The summed E-state index contributed by atoms with van der Waals surface area (Å²) in [5, 5.41) is 0.602. The monoisotopic (exact) mass is 383 g/mol. The summed E-state index contributed by atoms with van der Waals surface area (Å²) < 4.78 is 1.57. The maximum Gasteiger partial charge on any atom is 0.293 e. The number of aromatic nitrogens is 3. The van der Waals surface area contributed by atoms with Gasteiger partial charge >= 0.3 is 0 Å². The number of piperazine rings is 1. The van der Waals surface area contributed by atoms with Gasteiger partial charge in [0.15, 0.2) is 5.82 Å². The van der Waals surface area contributed by atoms with Gasteiger partial charge in [-0.05, 0) is 30.3 Å². The number of carbonyl (C=O) groups excluding carboxylic acids is 1. The smallest absolute Gasteiger partial charge is 0.293 e. The van der Waals surface area contributed by atoms with E-state index in [-0.39, 0.29) is 11.5 Å². The molecule has 0 saturated carbocycles. The highest BCUT2D eigenvalue weighted by atomic mass is 35.5. The molecule has 1 aliphatic heterocycles. The molecule has 1 aliphatic rings. The highest BCUT2D eigenvalue weighted by Crippen LogP contribution is 2.16. The van der Waals surface area contributed by atoms with Crippen LogP contribution in [0.4, 0.5) is 5.82 Å². The van der Waals surface area contributed by atoms with Crippen molar-refractivity contribution in [2.45, 2.75) is 0 Å². The molecule has 27 heavy (non-hydrogen) atoms. The molecular formula is C19H18ClN5O2. The third-order valence-electron chi connectivity index (χ3n) is 4.82. The van der Waals surface area contributed by atoms with Crippen LogP contribution in [0.15, 0.2) is 47.5 Å². The van der Waals surface area contributed by atoms with Crippen molar-refractivity contribution in [3.05, 3.63) is 63.7 Å². The first kappa shape index (κ1) is 17.5. The summed E-state index contributed by atoms with van der Waals surface area (Å²) in [4.78, 5) is 37.6. The standard InChI is InChI=1S/C19H18ClN5O2/c1-23-16-12-21-7-6-15(16)22-17(19(23)27)24-8-10-25(11-9-24)18(26)13-2-4-14(20)5-3-13/h2-7,12H,8-11H2,1H3. The lowest BCUT2D eigenvalue weighted by molar-refractivity contribution is 0.0746. The number of halogens is 1. The molecule has 1 saturated heterocycles. The van der Waals surface area contributed by atoms with E-state index >= 15 is 0 Å². The quantitative estimate of drug-likeness (QED) is 0.676. The maximum atomic E-state index is 12.7. The van der Waals surface area contributed by atoms with Gasteiger partial charge in [0.25, 0.3) is 11.5 Å². The lowest BCUT2D eigenvalue weighted by Crippen LogP contribution is -2.50. The van der Waals surface area contributed by atoms with Gasteiger partial charge in [0.05, 0.1) is 17.2 Å². The molecule has 1 fully saturated rings. The molecule has 7 nitrogen and oxygen atoms in total. The van der Waals surface area contributed by atoms with Gasteiger partial charge in [-0.25, -0.2) is 4.98 Å². The minimum absolute atomic E-state index is 0.0308. The Morgan fingerprint density at radius 1 is 1.07 bits per heavy atom. The number of rotatable bonds is 2. The summed E-state index contributed by atoms with van der Waals surface area (Å²) in [5.41, 5.74) is 1.87. The Kier molecular flexibility index (Phi) is 4.53. The van der Waals surface area contributed by atoms with Crippen molar-refractivity contribution in [3.8, 4) is 0 Å². The second-order valence-corrected chi connectivity index (χ2v) is 6.89. The number of amides is 1. The van der Waals surface area contributed by atoms with Crippen LogP contribution in [0, 0.1) is 0 Å². The Morgan fingerprint density at radius 3 is 2.48 bits per heavy atom. The molecule has 1 aromatic carbocycles. The maximum absolute atomic E-state index is 12.7. The van der Waals surface area contributed by atoms with Crippen LogP contribution in [0.2, 0.25) is 5.02 Å². The van der Waals surface area contributed by atoms with E-state index in [1.54, 1.807) is 59.2 Å². The molecule has 3 aromatic rings. The van der Waals surface area contributed by atoms with E-state index < -0.39 is 0 Å². The number of fused-ring (bicyclic) bond motifs is 1. The lowest BCUT2D eigenvalue weighted by atomic mass is 10.2. The van der Waals surface area contributed by atoms with E-state index in [9.17, 15) is 9.59 Å². The Morgan fingerprint density at radius 2 is 1.78 bits per heavy atom. The normalized spacial score (nSPS) is 14.6. The van der Waals surface area contributed by atoms with E-state index in [0.717, 1.165) is 5.52 Å². The number of aryl methyl sites for hydroxylation is 1. The highest BCUT2D eigenvalue weighted by molar-refractivity contribution is 6.30. The molecule has 0 spiro atoms. The predicted octanol–water partition coefficient (Wildman–Crippen LogP) is 1.94. The van der Waals surface area contributed by atoms with Crippen molar-refractivity contribution >= 4 is 34.4 Å². The molecular weight excluding hydrogens is 366 g/mol. The van der Waals surface area contributed by atoms with Gasteiger partial charge in [0.1, 0.15) is 0 Å². The van der Waals surface area contributed by atoms with Crippen LogP contribution in [0.3, 0.4) is 0 Å². The predicted molar refractivity (Wildman–Crippen MR) is 104 cm³/mol. The highest BCUT2D eigenvalue weighted by Gasteiger charge is 2.25. The number of benzene rings is 1. The molecule has 4 rings (SSSR count).